The van der Waals surface area contributed by atoms with Crippen LogP contribution in [-0.2, 0) is 6.61 Å². The van der Waals surface area contributed by atoms with Crippen LogP contribution in [0.1, 0.15) is 19.4 Å². The van der Waals surface area contributed by atoms with Crippen LogP contribution < -0.4 is 14.9 Å². The molecular formula is C21H27ClN3OP. The molecule has 1 aliphatic heterocycles. The number of hydrogen-bond acceptors (Lipinski definition) is 4. The molecule has 0 bridgehead atoms. The minimum absolute atomic E-state index is 0.468. The van der Waals surface area contributed by atoms with Crippen LogP contribution in [0.3, 0.4) is 0 Å². The molecule has 27 heavy (non-hydrogen) atoms. The highest BCUT2D eigenvalue weighted by atomic mass is 35.5. The van der Waals surface area contributed by atoms with E-state index in [2.05, 4.69) is 45.5 Å². The molecule has 2 aromatic rings. The van der Waals surface area contributed by atoms with Gasteiger partial charge in [-0.25, -0.2) is 0 Å². The molecule has 0 spiro atoms. The van der Waals surface area contributed by atoms with Crippen molar-refractivity contribution in [3.05, 3.63) is 59.1 Å². The summed E-state index contributed by atoms with van der Waals surface area (Å²) < 4.78 is 5.93. The lowest BCUT2D eigenvalue weighted by atomic mass is 10.1. The van der Waals surface area contributed by atoms with Gasteiger partial charge in [-0.05, 0) is 42.9 Å². The monoisotopic (exact) mass is 403 g/mol. The largest absolute Gasteiger partial charge is 0.473 e. The van der Waals surface area contributed by atoms with Gasteiger partial charge in [0.1, 0.15) is 12.4 Å². The first-order valence-electron chi connectivity index (χ1n) is 9.19. The van der Waals surface area contributed by atoms with Crippen LogP contribution in [0.15, 0.2) is 48.6 Å². The van der Waals surface area contributed by atoms with Gasteiger partial charge in [-0.1, -0.05) is 35.9 Å². The Balaban J connectivity index is 1.63. The van der Waals surface area contributed by atoms with E-state index < -0.39 is 0 Å². The second-order valence-electron chi connectivity index (χ2n) is 7.19. The molecule has 3 rings (SSSR count). The second kappa shape index (κ2) is 9.05. The highest BCUT2D eigenvalue weighted by Gasteiger charge is 2.24. The zero-order chi connectivity index (χ0) is 19.4. The van der Waals surface area contributed by atoms with E-state index in [4.69, 9.17) is 21.3 Å². The van der Waals surface area contributed by atoms with E-state index in [0.717, 1.165) is 47.9 Å². The Morgan fingerprint density at radius 1 is 1.33 bits per heavy atom. The summed E-state index contributed by atoms with van der Waals surface area (Å²) in [6, 6.07) is 12.2. The quantitative estimate of drug-likeness (QED) is 0.540. The third-order valence-corrected chi connectivity index (χ3v) is 5.53. The maximum Gasteiger partial charge on any atom is 0.215 e. The molecule has 0 saturated carbocycles. The standard InChI is InChI=1S/C21H27ClN3OP/c1-15(2)12-24-9-10-25(13-16(24)3)20-5-4-6-21(23-20)26-14-17-7-8-18(22)11-19(17)27/h4-8,11,16H,1,9-10,12-14,27H2,2-3H3/t16-/m0/s1. The summed E-state index contributed by atoms with van der Waals surface area (Å²) in [6.07, 6.45) is 0. The first-order valence-corrected chi connectivity index (χ1v) is 10.1. The van der Waals surface area contributed by atoms with Crippen molar-refractivity contribution in [1.29, 1.82) is 0 Å². The lowest BCUT2D eigenvalue weighted by Crippen LogP contribution is -2.52. The molecule has 6 heteroatoms. The Kier molecular flexibility index (Phi) is 6.75. The summed E-state index contributed by atoms with van der Waals surface area (Å²) in [7, 11) is 2.70. The van der Waals surface area contributed by atoms with Gasteiger partial charge < -0.3 is 9.64 Å². The lowest BCUT2D eigenvalue weighted by Gasteiger charge is -2.40. The number of aromatic nitrogens is 1. The number of halogens is 1. The van der Waals surface area contributed by atoms with Crippen molar-refractivity contribution in [2.75, 3.05) is 31.1 Å². The average Bonchev–Trinajstić information content (AvgIpc) is 2.62. The van der Waals surface area contributed by atoms with Crippen LogP contribution in [0, 0.1) is 0 Å². The summed E-state index contributed by atoms with van der Waals surface area (Å²) in [6.45, 7) is 12.7. The number of ether oxygens (including phenoxy) is 1. The number of nitrogens with zero attached hydrogens (tertiary/aromatic N) is 3. The van der Waals surface area contributed by atoms with Gasteiger partial charge in [-0.2, -0.15) is 4.98 Å². The predicted molar refractivity (Wildman–Crippen MR) is 117 cm³/mol. The molecule has 1 saturated heterocycles. The van der Waals surface area contributed by atoms with Gasteiger partial charge in [0, 0.05) is 43.3 Å². The Bertz CT molecular complexity index is 814. The van der Waals surface area contributed by atoms with Gasteiger partial charge in [-0.3, -0.25) is 4.90 Å². The van der Waals surface area contributed by atoms with Crippen molar-refractivity contribution in [2.24, 2.45) is 0 Å². The lowest BCUT2D eigenvalue weighted by molar-refractivity contribution is 0.205. The molecule has 0 N–H and O–H groups in total. The van der Waals surface area contributed by atoms with E-state index in [-0.39, 0.29) is 0 Å². The van der Waals surface area contributed by atoms with E-state index >= 15 is 0 Å². The average molecular weight is 404 g/mol. The third-order valence-electron chi connectivity index (χ3n) is 4.75. The fourth-order valence-electron chi connectivity index (χ4n) is 3.29. The molecule has 1 fully saturated rings. The van der Waals surface area contributed by atoms with Crippen molar-refractivity contribution in [3.63, 3.8) is 0 Å². The predicted octanol–water partition coefficient (Wildman–Crippen LogP) is 3.90. The molecule has 0 aliphatic carbocycles. The zero-order valence-electron chi connectivity index (χ0n) is 16.0. The summed E-state index contributed by atoms with van der Waals surface area (Å²) in [5.74, 6) is 1.61. The molecule has 2 atom stereocenters. The van der Waals surface area contributed by atoms with E-state index in [1.54, 1.807) is 0 Å². The molecule has 1 unspecified atom stereocenters. The van der Waals surface area contributed by atoms with Gasteiger partial charge in [0.25, 0.3) is 0 Å². The first-order chi connectivity index (χ1) is 12.9. The molecule has 144 valence electrons. The third kappa shape index (κ3) is 5.44. The van der Waals surface area contributed by atoms with Crippen LogP contribution in [0.2, 0.25) is 5.02 Å². The van der Waals surface area contributed by atoms with Crippen LogP contribution in [0.4, 0.5) is 5.82 Å². The van der Waals surface area contributed by atoms with Crippen LogP contribution in [0.5, 0.6) is 5.88 Å². The Labute approximate surface area is 169 Å². The van der Waals surface area contributed by atoms with Gasteiger partial charge in [0.05, 0.1) is 0 Å². The highest BCUT2D eigenvalue weighted by Crippen LogP contribution is 2.21. The number of benzene rings is 1. The van der Waals surface area contributed by atoms with Crippen molar-refractivity contribution in [1.82, 2.24) is 9.88 Å². The molecular weight excluding hydrogens is 377 g/mol. The fourth-order valence-corrected chi connectivity index (χ4v) is 3.94. The minimum Gasteiger partial charge on any atom is -0.473 e. The number of piperazine rings is 1. The van der Waals surface area contributed by atoms with Gasteiger partial charge in [0.2, 0.25) is 5.88 Å². The maximum atomic E-state index is 6.01. The molecule has 0 radical (unpaired) electrons. The van der Waals surface area contributed by atoms with Crippen molar-refractivity contribution in [2.45, 2.75) is 26.5 Å². The summed E-state index contributed by atoms with van der Waals surface area (Å²) in [4.78, 5) is 9.52. The molecule has 1 aromatic heterocycles. The first kappa shape index (κ1) is 20.1. The topological polar surface area (TPSA) is 28.6 Å². The van der Waals surface area contributed by atoms with Crippen molar-refractivity contribution < 1.29 is 4.74 Å². The molecule has 2 heterocycles. The van der Waals surface area contributed by atoms with E-state index in [1.165, 1.54) is 5.57 Å². The zero-order valence-corrected chi connectivity index (χ0v) is 17.9. The van der Waals surface area contributed by atoms with Crippen LogP contribution >= 0.6 is 20.8 Å². The highest BCUT2D eigenvalue weighted by molar-refractivity contribution is 7.27. The van der Waals surface area contributed by atoms with E-state index in [0.29, 0.717) is 18.5 Å². The van der Waals surface area contributed by atoms with Gasteiger partial charge in [0.15, 0.2) is 0 Å². The maximum absolute atomic E-state index is 6.01. The SMILES string of the molecule is C=C(C)CN1CCN(c2cccc(OCc3ccc(Cl)cc3P)n2)C[C@@H]1C. The van der Waals surface area contributed by atoms with E-state index in [1.807, 2.05) is 30.3 Å². The Morgan fingerprint density at radius 3 is 2.85 bits per heavy atom. The van der Waals surface area contributed by atoms with Gasteiger partial charge >= 0.3 is 0 Å². The number of rotatable bonds is 6. The summed E-state index contributed by atoms with van der Waals surface area (Å²) >= 11 is 6.01. The van der Waals surface area contributed by atoms with Gasteiger partial charge in [-0.15, -0.1) is 9.24 Å². The van der Waals surface area contributed by atoms with Crippen LogP contribution in [-0.4, -0.2) is 42.1 Å². The molecule has 1 aromatic carbocycles. The number of anilines is 1. The minimum atomic E-state index is 0.468. The molecule has 0 amide bonds. The second-order valence-corrected chi connectivity index (χ2v) is 8.25. The summed E-state index contributed by atoms with van der Waals surface area (Å²) in [5, 5.41) is 1.77. The number of hydrogen-bond donors (Lipinski definition) is 0. The molecule has 1 aliphatic rings. The molecule has 4 nitrogen and oxygen atoms in total. The normalized spacial score (nSPS) is 17.8. The Morgan fingerprint density at radius 2 is 2.15 bits per heavy atom. The van der Waals surface area contributed by atoms with Crippen molar-refractivity contribution in [3.8, 4) is 5.88 Å². The van der Waals surface area contributed by atoms with Crippen LogP contribution in [0.25, 0.3) is 0 Å². The fraction of sp³-hybridized carbons (Fsp3) is 0.381. The van der Waals surface area contributed by atoms with Crippen molar-refractivity contribution >= 4 is 32.0 Å². The number of pyridine rings is 1. The summed E-state index contributed by atoms with van der Waals surface area (Å²) in [5.41, 5.74) is 2.29. The van der Waals surface area contributed by atoms with E-state index in [9.17, 15) is 0 Å². The Hall–Kier alpha value is -1.61. The smallest absolute Gasteiger partial charge is 0.215 e.